The summed E-state index contributed by atoms with van der Waals surface area (Å²) in [5, 5.41) is 9.28. The van der Waals surface area contributed by atoms with Gasteiger partial charge in [-0.05, 0) is 24.1 Å². The Hall–Kier alpha value is -2.50. The first-order chi connectivity index (χ1) is 9.92. The maximum atomic E-state index is 14.0. The highest BCUT2D eigenvalue weighted by Crippen LogP contribution is 2.33. The van der Waals surface area contributed by atoms with E-state index < -0.39 is 17.6 Å². The van der Waals surface area contributed by atoms with Crippen LogP contribution in [-0.2, 0) is 13.5 Å². The summed E-state index contributed by atoms with van der Waals surface area (Å²) in [5.74, 6) is -2.78. The second-order valence-electron chi connectivity index (χ2n) is 4.55. The lowest BCUT2D eigenvalue weighted by Crippen LogP contribution is -2.04. The number of rotatable bonds is 4. The Morgan fingerprint density at radius 3 is 2.52 bits per heavy atom. The number of hydrogen-bond acceptors (Lipinski definition) is 2. The van der Waals surface area contributed by atoms with Gasteiger partial charge in [-0.2, -0.15) is 0 Å². The highest BCUT2D eigenvalue weighted by molar-refractivity contribution is 6.00. The van der Waals surface area contributed by atoms with Gasteiger partial charge in [0, 0.05) is 18.7 Å². The average molecular weight is 293 g/mol. The smallest absolute Gasteiger partial charge is 0.338 e. The summed E-state index contributed by atoms with van der Waals surface area (Å²) in [6.45, 7) is 1.71. The zero-order valence-electron chi connectivity index (χ0n) is 11.5. The van der Waals surface area contributed by atoms with Crippen LogP contribution in [0, 0.1) is 11.6 Å². The lowest BCUT2D eigenvalue weighted by molar-refractivity contribution is 0.0692. The van der Waals surface area contributed by atoms with Crippen LogP contribution in [0.25, 0.3) is 11.3 Å². The molecule has 1 aromatic heterocycles. The van der Waals surface area contributed by atoms with E-state index in [4.69, 9.17) is 0 Å². The lowest BCUT2D eigenvalue weighted by atomic mass is 10.0. The third-order valence-electron chi connectivity index (χ3n) is 3.41. The van der Waals surface area contributed by atoms with Gasteiger partial charge in [0.15, 0.2) is 6.29 Å². The van der Waals surface area contributed by atoms with Crippen LogP contribution in [0.2, 0.25) is 0 Å². The second-order valence-corrected chi connectivity index (χ2v) is 4.55. The van der Waals surface area contributed by atoms with E-state index in [0.29, 0.717) is 18.3 Å². The van der Waals surface area contributed by atoms with Crippen molar-refractivity contribution in [3.8, 4) is 11.3 Å². The first-order valence-corrected chi connectivity index (χ1v) is 6.27. The van der Waals surface area contributed by atoms with E-state index in [1.54, 1.807) is 6.92 Å². The van der Waals surface area contributed by atoms with Crippen LogP contribution >= 0.6 is 0 Å². The van der Waals surface area contributed by atoms with Gasteiger partial charge in [0.1, 0.15) is 11.6 Å². The minimum absolute atomic E-state index is 0.0434. The number of nitrogens with zero attached hydrogens (tertiary/aromatic N) is 1. The molecule has 0 aliphatic heterocycles. The van der Waals surface area contributed by atoms with Crippen molar-refractivity contribution in [3.63, 3.8) is 0 Å². The average Bonchev–Trinajstić information content (AvgIpc) is 2.71. The molecule has 0 radical (unpaired) electrons. The predicted molar refractivity (Wildman–Crippen MR) is 72.5 cm³/mol. The zero-order valence-corrected chi connectivity index (χ0v) is 11.5. The zero-order chi connectivity index (χ0) is 15.7. The number of aldehydes is 1. The summed E-state index contributed by atoms with van der Waals surface area (Å²) in [6, 6.07) is 3.05. The highest BCUT2D eigenvalue weighted by Gasteiger charge is 2.26. The van der Waals surface area contributed by atoms with Crippen molar-refractivity contribution in [2.24, 2.45) is 7.05 Å². The fraction of sp³-hybridized carbons (Fsp3) is 0.200. The molecule has 0 fully saturated rings. The summed E-state index contributed by atoms with van der Waals surface area (Å²) in [6.07, 6.45) is 0.725. The van der Waals surface area contributed by atoms with Gasteiger partial charge in [-0.1, -0.05) is 6.92 Å². The van der Waals surface area contributed by atoms with Crippen molar-refractivity contribution < 1.29 is 23.5 Å². The minimum Gasteiger partial charge on any atom is -0.478 e. The number of halogens is 2. The van der Waals surface area contributed by atoms with Gasteiger partial charge < -0.3 is 9.67 Å². The highest BCUT2D eigenvalue weighted by atomic mass is 19.1. The third-order valence-corrected chi connectivity index (χ3v) is 3.41. The van der Waals surface area contributed by atoms with Crippen LogP contribution in [0.1, 0.15) is 33.3 Å². The SMILES string of the molecule is CCc1c(C(=O)O)c(C=O)n(C)c1-c1ccc(F)cc1F. The van der Waals surface area contributed by atoms with Crippen molar-refractivity contribution in [1.82, 2.24) is 4.57 Å². The van der Waals surface area contributed by atoms with Crippen molar-refractivity contribution in [2.75, 3.05) is 0 Å². The number of carbonyl (C=O) groups excluding carboxylic acids is 1. The molecule has 0 bridgehead atoms. The third kappa shape index (κ3) is 2.33. The monoisotopic (exact) mass is 293 g/mol. The van der Waals surface area contributed by atoms with Crippen molar-refractivity contribution in [2.45, 2.75) is 13.3 Å². The number of benzene rings is 1. The van der Waals surface area contributed by atoms with Gasteiger partial charge in [0.05, 0.1) is 17.0 Å². The van der Waals surface area contributed by atoms with Gasteiger partial charge in [-0.15, -0.1) is 0 Å². The maximum absolute atomic E-state index is 14.0. The first kappa shape index (κ1) is 14.9. The molecule has 0 unspecified atom stereocenters. The topological polar surface area (TPSA) is 59.3 Å². The molecule has 1 N–H and O–H groups in total. The quantitative estimate of drug-likeness (QED) is 0.881. The molecular formula is C15H13F2NO3. The molecule has 0 saturated heterocycles. The van der Waals surface area contributed by atoms with Crippen molar-refractivity contribution in [3.05, 3.63) is 46.7 Å². The van der Waals surface area contributed by atoms with Crippen LogP contribution in [-0.4, -0.2) is 21.9 Å². The molecule has 0 atom stereocenters. The van der Waals surface area contributed by atoms with E-state index in [1.165, 1.54) is 17.7 Å². The summed E-state index contributed by atoms with van der Waals surface area (Å²) >= 11 is 0. The standard InChI is InChI=1S/C15H13F2NO3/c1-3-9-13(15(20)21)12(7-19)18(2)14(9)10-5-4-8(16)6-11(10)17/h4-7H,3H2,1-2H3,(H,20,21). The van der Waals surface area contributed by atoms with Gasteiger partial charge in [0.25, 0.3) is 0 Å². The van der Waals surface area contributed by atoms with E-state index in [9.17, 15) is 23.5 Å². The molecule has 1 heterocycles. The molecular weight excluding hydrogens is 280 g/mol. The Morgan fingerprint density at radius 2 is 2.05 bits per heavy atom. The van der Waals surface area contributed by atoms with E-state index >= 15 is 0 Å². The van der Waals surface area contributed by atoms with Crippen LogP contribution in [0.5, 0.6) is 0 Å². The summed E-state index contributed by atoms with van der Waals surface area (Å²) in [4.78, 5) is 22.5. The second kappa shape index (κ2) is 5.47. The number of hydrogen-bond donors (Lipinski definition) is 1. The van der Waals surface area contributed by atoms with Gasteiger partial charge in [-0.25, -0.2) is 13.6 Å². The molecule has 2 rings (SSSR count). The first-order valence-electron chi connectivity index (χ1n) is 6.27. The number of carboxylic acid groups (broad SMARTS) is 1. The van der Waals surface area contributed by atoms with E-state index in [-0.39, 0.29) is 22.5 Å². The number of carboxylic acids is 1. The van der Waals surface area contributed by atoms with E-state index in [1.807, 2.05) is 0 Å². The maximum Gasteiger partial charge on any atom is 0.338 e. The molecule has 0 aliphatic carbocycles. The predicted octanol–water partition coefficient (Wildman–Crippen LogP) is 3.04. The summed E-state index contributed by atoms with van der Waals surface area (Å²) < 4.78 is 28.3. The molecule has 0 aliphatic rings. The number of aromatic carboxylic acids is 1. The summed E-state index contributed by atoms with van der Waals surface area (Å²) in [7, 11) is 1.48. The van der Waals surface area contributed by atoms with Crippen LogP contribution < -0.4 is 0 Å². The van der Waals surface area contributed by atoms with Crippen molar-refractivity contribution >= 4 is 12.3 Å². The molecule has 2 aromatic rings. The number of aromatic nitrogens is 1. The molecule has 6 heteroatoms. The van der Waals surface area contributed by atoms with Gasteiger partial charge in [0.2, 0.25) is 0 Å². The van der Waals surface area contributed by atoms with Gasteiger partial charge >= 0.3 is 5.97 Å². The Bertz CT molecular complexity index is 735. The molecule has 21 heavy (non-hydrogen) atoms. The Kier molecular flexibility index (Phi) is 3.88. The van der Waals surface area contributed by atoms with Crippen LogP contribution in [0.4, 0.5) is 8.78 Å². The lowest BCUT2D eigenvalue weighted by Gasteiger charge is -2.08. The van der Waals surface area contributed by atoms with E-state index in [0.717, 1.165) is 12.1 Å². The number of carbonyl (C=O) groups is 2. The van der Waals surface area contributed by atoms with E-state index in [2.05, 4.69) is 0 Å². The van der Waals surface area contributed by atoms with Crippen LogP contribution in [0.3, 0.4) is 0 Å². The Labute approximate surface area is 119 Å². The molecule has 4 nitrogen and oxygen atoms in total. The molecule has 0 amide bonds. The minimum atomic E-state index is -1.25. The molecule has 1 aromatic carbocycles. The Morgan fingerprint density at radius 1 is 1.38 bits per heavy atom. The normalized spacial score (nSPS) is 10.7. The van der Waals surface area contributed by atoms with Crippen molar-refractivity contribution in [1.29, 1.82) is 0 Å². The Balaban J connectivity index is 2.86. The largest absolute Gasteiger partial charge is 0.478 e. The fourth-order valence-electron chi connectivity index (χ4n) is 2.51. The fourth-order valence-corrected chi connectivity index (χ4v) is 2.51. The molecule has 0 spiro atoms. The molecule has 110 valence electrons. The summed E-state index contributed by atoms with van der Waals surface area (Å²) in [5.41, 5.74) is 0.491. The molecule has 0 saturated carbocycles. The van der Waals surface area contributed by atoms with Crippen LogP contribution in [0.15, 0.2) is 18.2 Å². The van der Waals surface area contributed by atoms with Gasteiger partial charge in [-0.3, -0.25) is 4.79 Å².